The monoisotopic (exact) mass is 219 g/mol. The Morgan fingerprint density at radius 2 is 2.25 bits per heavy atom. The van der Waals surface area contributed by atoms with Crippen LogP contribution in [-0.2, 0) is 6.42 Å². The van der Waals surface area contributed by atoms with E-state index in [9.17, 15) is 0 Å². The molecule has 0 fully saturated rings. The molecular formula is C14H21NO. The zero-order valence-electron chi connectivity index (χ0n) is 10.3. The molecule has 2 rings (SSSR count). The Hall–Kier alpha value is -1.02. The van der Waals surface area contributed by atoms with Gasteiger partial charge in [0.1, 0.15) is 5.75 Å². The Bertz CT molecular complexity index is 349. The lowest BCUT2D eigenvalue weighted by Gasteiger charge is -2.14. The quantitative estimate of drug-likeness (QED) is 0.821. The Kier molecular flexibility index (Phi) is 3.83. The van der Waals surface area contributed by atoms with Crippen LogP contribution in [0.3, 0.4) is 0 Å². The van der Waals surface area contributed by atoms with Crippen LogP contribution in [0.5, 0.6) is 5.75 Å². The van der Waals surface area contributed by atoms with E-state index >= 15 is 0 Å². The molecule has 16 heavy (non-hydrogen) atoms. The predicted molar refractivity (Wildman–Crippen MR) is 67.0 cm³/mol. The molecule has 2 heteroatoms. The van der Waals surface area contributed by atoms with Gasteiger partial charge in [0.15, 0.2) is 0 Å². The van der Waals surface area contributed by atoms with Gasteiger partial charge in [-0.15, -0.1) is 0 Å². The van der Waals surface area contributed by atoms with Crippen molar-refractivity contribution in [3.63, 3.8) is 0 Å². The molecule has 2 nitrogen and oxygen atoms in total. The molecule has 1 aromatic rings. The van der Waals surface area contributed by atoms with Gasteiger partial charge in [-0.05, 0) is 56.0 Å². The Morgan fingerprint density at radius 3 is 3.00 bits per heavy atom. The summed E-state index contributed by atoms with van der Waals surface area (Å²) in [5, 5.41) is 3.60. The first-order chi connectivity index (χ1) is 7.85. The first kappa shape index (κ1) is 11.5. The Morgan fingerprint density at radius 1 is 1.38 bits per heavy atom. The van der Waals surface area contributed by atoms with Crippen LogP contribution in [0.15, 0.2) is 18.2 Å². The molecule has 0 aliphatic heterocycles. The Labute approximate surface area is 98.0 Å². The van der Waals surface area contributed by atoms with Crippen LogP contribution in [0.2, 0.25) is 0 Å². The molecule has 1 unspecified atom stereocenters. The largest absolute Gasteiger partial charge is 0.494 e. The van der Waals surface area contributed by atoms with Crippen molar-refractivity contribution < 1.29 is 4.74 Å². The summed E-state index contributed by atoms with van der Waals surface area (Å²) in [4.78, 5) is 0. The minimum absolute atomic E-state index is 0.537. The Balaban J connectivity index is 2.13. The van der Waals surface area contributed by atoms with E-state index in [2.05, 4.69) is 30.4 Å². The fraction of sp³-hybridized carbons (Fsp3) is 0.571. The van der Waals surface area contributed by atoms with Gasteiger partial charge >= 0.3 is 0 Å². The number of rotatable bonds is 5. The molecule has 1 aliphatic carbocycles. The number of aryl methyl sites for hydroxylation is 1. The van der Waals surface area contributed by atoms with Crippen molar-refractivity contribution in [2.24, 2.45) is 0 Å². The lowest BCUT2D eigenvalue weighted by Crippen LogP contribution is -2.19. The van der Waals surface area contributed by atoms with Crippen molar-refractivity contribution in [1.29, 1.82) is 0 Å². The second kappa shape index (κ2) is 5.35. The van der Waals surface area contributed by atoms with E-state index in [-0.39, 0.29) is 0 Å². The normalized spacial score (nSPS) is 18.5. The maximum atomic E-state index is 5.56. The van der Waals surface area contributed by atoms with Crippen molar-refractivity contribution in [3.8, 4) is 5.75 Å². The number of fused-ring (bicyclic) bond motifs is 1. The van der Waals surface area contributed by atoms with Crippen molar-refractivity contribution in [3.05, 3.63) is 29.3 Å². The summed E-state index contributed by atoms with van der Waals surface area (Å²) < 4.78 is 5.56. The van der Waals surface area contributed by atoms with Crippen LogP contribution in [0, 0.1) is 0 Å². The maximum Gasteiger partial charge on any atom is 0.119 e. The fourth-order valence-electron chi connectivity index (χ4n) is 2.37. The topological polar surface area (TPSA) is 21.3 Å². The molecule has 0 heterocycles. The predicted octanol–water partition coefficient (Wildman–Crippen LogP) is 3.07. The van der Waals surface area contributed by atoms with Gasteiger partial charge in [0.2, 0.25) is 0 Å². The molecule has 1 atom stereocenters. The van der Waals surface area contributed by atoms with Crippen molar-refractivity contribution in [1.82, 2.24) is 5.32 Å². The fourth-order valence-corrected chi connectivity index (χ4v) is 2.37. The lowest BCUT2D eigenvalue weighted by atomic mass is 10.1. The number of hydrogen-bond donors (Lipinski definition) is 1. The highest BCUT2D eigenvalue weighted by Crippen LogP contribution is 2.33. The molecule has 0 bridgehead atoms. The van der Waals surface area contributed by atoms with E-state index in [4.69, 9.17) is 4.74 Å². The highest BCUT2D eigenvalue weighted by molar-refractivity contribution is 5.40. The van der Waals surface area contributed by atoms with Crippen molar-refractivity contribution in [2.45, 2.75) is 39.2 Å². The highest BCUT2D eigenvalue weighted by atomic mass is 16.5. The number of benzene rings is 1. The maximum absolute atomic E-state index is 5.56. The van der Waals surface area contributed by atoms with Gasteiger partial charge in [-0.3, -0.25) is 0 Å². The molecule has 1 aromatic carbocycles. The van der Waals surface area contributed by atoms with E-state index in [1.54, 1.807) is 0 Å². The first-order valence-electron chi connectivity index (χ1n) is 6.34. The molecular weight excluding hydrogens is 198 g/mol. The van der Waals surface area contributed by atoms with Crippen LogP contribution >= 0.6 is 0 Å². The van der Waals surface area contributed by atoms with Crippen LogP contribution < -0.4 is 10.1 Å². The first-order valence-corrected chi connectivity index (χ1v) is 6.34. The van der Waals surface area contributed by atoms with Gasteiger partial charge in [0.05, 0.1) is 6.61 Å². The van der Waals surface area contributed by atoms with Crippen LogP contribution in [0.4, 0.5) is 0 Å². The van der Waals surface area contributed by atoms with E-state index < -0.39 is 0 Å². The SMILES string of the molecule is CCCNC1CCc2ccc(OCC)cc21. The van der Waals surface area contributed by atoms with Gasteiger partial charge in [-0.25, -0.2) is 0 Å². The average molecular weight is 219 g/mol. The third-order valence-corrected chi connectivity index (χ3v) is 3.15. The minimum atomic E-state index is 0.537. The van der Waals surface area contributed by atoms with Gasteiger partial charge in [0.25, 0.3) is 0 Å². The standard InChI is InChI=1S/C14H21NO/c1-3-9-15-14-8-6-11-5-7-12(16-4-2)10-13(11)14/h5,7,10,14-15H,3-4,6,8-9H2,1-2H3. The van der Waals surface area contributed by atoms with Crippen LogP contribution in [-0.4, -0.2) is 13.2 Å². The van der Waals surface area contributed by atoms with Gasteiger partial charge in [0, 0.05) is 6.04 Å². The van der Waals surface area contributed by atoms with Gasteiger partial charge < -0.3 is 10.1 Å². The third kappa shape index (κ3) is 2.38. The summed E-state index contributed by atoms with van der Waals surface area (Å²) in [6, 6.07) is 7.05. The number of ether oxygens (including phenoxy) is 1. The number of nitrogens with one attached hydrogen (secondary N) is 1. The second-order valence-corrected chi connectivity index (χ2v) is 4.34. The summed E-state index contributed by atoms with van der Waals surface area (Å²) in [6.45, 7) is 6.08. The molecule has 88 valence electrons. The van der Waals surface area contributed by atoms with Crippen molar-refractivity contribution in [2.75, 3.05) is 13.2 Å². The molecule has 0 spiro atoms. The average Bonchev–Trinajstić information content (AvgIpc) is 2.69. The van der Waals surface area contributed by atoms with E-state index in [1.165, 1.54) is 30.4 Å². The molecule has 0 radical (unpaired) electrons. The van der Waals surface area contributed by atoms with Crippen LogP contribution in [0.1, 0.15) is 43.9 Å². The summed E-state index contributed by atoms with van der Waals surface area (Å²) in [6.07, 6.45) is 3.62. The highest BCUT2D eigenvalue weighted by Gasteiger charge is 2.21. The molecule has 0 saturated heterocycles. The van der Waals surface area contributed by atoms with Crippen LogP contribution in [0.25, 0.3) is 0 Å². The minimum Gasteiger partial charge on any atom is -0.494 e. The van der Waals surface area contributed by atoms with Gasteiger partial charge in [-0.2, -0.15) is 0 Å². The van der Waals surface area contributed by atoms with E-state index in [0.29, 0.717) is 6.04 Å². The summed E-state index contributed by atoms with van der Waals surface area (Å²) in [5.41, 5.74) is 2.93. The smallest absolute Gasteiger partial charge is 0.119 e. The van der Waals surface area contributed by atoms with E-state index in [0.717, 1.165) is 18.9 Å². The van der Waals surface area contributed by atoms with E-state index in [1.807, 2.05) is 6.92 Å². The summed E-state index contributed by atoms with van der Waals surface area (Å²) in [7, 11) is 0. The zero-order chi connectivity index (χ0) is 11.4. The molecule has 0 amide bonds. The van der Waals surface area contributed by atoms with Crippen molar-refractivity contribution >= 4 is 0 Å². The molecule has 0 saturated carbocycles. The lowest BCUT2D eigenvalue weighted by molar-refractivity contribution is 0.339. The second-order valence-electron chi connectivity index (χ2n) is 4.34. The summed E-state index contributed by atoms with van der Waals surface area (Å²) in [5.74, 6) is 1.01. The molecule has 0 aromatic heterocycles. The number of hydrogen-bond acceptors (Lipinski definition) is 2. The zero-order valence-corrected chi connectivity index (χ0v) is 10.3. The molecule has 1 N–H and O–H groups in total. The third-order valence-electron chi connectivity index (χ3n) is 3.15. The summed E-state index contributed by atoms with van der Waals surface area (Å²) >= 11 is 0. The van der Waals surface area contributed by atoms with Gasteiger partial charge in [-0.1, -0.05) is 13.0 Å². The molecule has 1 aliphatic rings.